The van der Waals surface area contributed by atoms with E-state index in [1.54, 1.807) is 12.0 Å². The standard InChI is InChI=1S/C9H16N2O3/c1-3-8(6-10)11(4-5-14-2)7-9(12)13/h8H,3-5,7H2,1-2H3,(H,12,13). The molecule has 5 nitrogen and oxygen atoms in total. The molecule has 0 aliphatic heterocycles. The Morgan fingerprint density at radius 3 is 2.71 bits per heavy atom. The van der Waals surface area contributed by atoms with Crippen molar-refractivity contribution in [2.75, 3.05) is 26.8 Å². The van der Waals surface area contributed by atoms with Crippen LogP contribution in [-0.4, -0.2) is 48.8 Å². The summed E-state index contributed by atoms with van der Waals surface area (Å²) in [4.78, 5) is 12.1. The van der Waals surface area contributed by atoms with Gasteiger partial charge in [-0.2, -0.15) is 5.26 Å². The van der Waals surface area contributed by atoms with Gasteiger partial charge in [0.15, 0.2) is 0 Å². The van der Waals surface area contributed by atoms with E-state index in [-0.39, 0.29) is 12.6 Å². The average molecular weight is 200 g/mol. The van der Waals surface area contributed by atoms with E-state index in [9.17, 15) is 4.79 Å². The minimum atomic E-state index is -0.921. The number of hydrogen-bond acceptors (Lipinski definition) is 4. The van der Waals surface area contributed by atoms with Gasteiger partial charge in [0.2, 0.25) is 0 Å². The van der Waals surface area contributed by atoms with E-state index in [4.69, 9.17) is 15.1 Å². The van der Waals surface area contributed by atoms with Crippen molar-refractivity contribution in [3.05, 3.63) is 0 Å². The van der Waals surface area contributed by atoms with Crippen molar-refractivity contribution in [1.82, 2.24) is 4.90 Å². The number of ether oxygens (including phenoxy) is 1. The van der Waals surface area contributed by atoms with E-state index in [0.29, 0.717) is 19.6 Å². The third-order valence-corrected chi connectivity index (χ3v) is 1.90. The number of methoxy groups -OCH3 is 1. The number of rotatable bonds is 7. The Kier molecular flexibility index (Phi) is 6.72. The van der Waals surface area contributed by atoms with E-state index in [1.807, 2.05) is 6.92 Å². The van der Waals surface area contributed by atoms with Gasteiger partial charge in [0.1, 0.15) is 0 Å². The number of nitrogens with zero attached hydrogens (tertiary/aromatic N) is 2. The molecule has 1 atom stereocenters. The third-order valence-electron chi connectivity index (χ3n) is 1.90. The first-order chi connectivity index (χ1) is 6.65. The topological polar surface area (TPSA) is 73.6 Å². The molecule has 0 rings (SSSR count). The monoisotopic (exact) mass is 200 g/mol. The summed E-state index contributed by atoms with van der Waals surface area (Å²) in [5, 5.41) is 17.4. The molecule has 0 saturated carbocycles. The van der Waals surface area contributed by atoms with Gasteiger partial charge >= 0.3 is 5.97 Å². The van der Waals surface area contributed by atoms with Gasteiger partial charge in [0, 0.05) is 13.7 Å². The molecule has 0 aliphatic carbocycles. The van der Waals surface area contributed by atoms with Crippen LogP contribution in [0.5, 0.6) is 0 Å². The van der Waals surface area contributed by atoms with Crippen LogP contribution in [0.4, 0.5) is 0 Å². The molecule has 0 heterocycles. The first kappa shape index (κ1) is 12.9. The van der Waals surface area contributed by atoms with Gasteiger partial charge in [-0.3, -0.25) is 9.69 Å². The maximum atomic E-state index is 10.5. The Morgan fingerprint density at radius 1 is 1.71 bits per heavy atom. The van der Waals surface area contributed by atoms with Gasteiger partial charge < -0.3 is 9.84 Å². The van der Waals surface area contributed by atoms with Crippen LogP contribution in [-0.2, 0) is 9.53 Å². The van der Waals surface area contributed by atoms with E-state index in [2.05, 4.69) is 6.07 Å². The second-order valence-corrected chi connectivity index (χ2v) is 2.91. The van der Waals surface area contributed by atoms with Crippen LogP contribution in [0.15, 0.2) is 0 Å². The van der Waals surface area contributed by atoms with Crippen molar-refractivity contribution >= 4 is 5.97 Å². The smallest absolute Gasteiger partial charge is 0.317 e. The van der Waals surface area contributed by atoms with Crippen molar-refractivity contribution in [2.24, 2.45) is 0 Å². The second kappa shape index (κ2) is 7.30. The largest absolute Gasteiger partial charge is 0.480 e. The van der Waals surface area contributed by atoms with Crippen LogP contribution in [0.3, 0.4) is 0 Å². The van der Waals surface area contributed by atoms with Gasteiger partial charge in [0.25, 0.3) is 0 Å². The molecule has 0 spiro atoms. The lowest BCUT2D eigenvalue weighted by molar-refractivity contribution is -0.138. The molecular weight excluding hydrogens is 184 g/mol. The maximum absolute atomic E-state index is 10.5. The Balaban J connectivity index is 4.22. The fraction of sp³-hybridized carbons (Fsp3) is 0.778. The first-order valence-electron chi connectivity index (χ1n) is 4.50. The third kappa shape index (κ3) is 4.80. The molecule has 1 unspecified atom stereocenters. The summed E-state index contributed by atoms with van der Waals surface area (Å²) in [6, 6.07) is 1.73. The lowest BCUT2D eigenvalue weighted by atomic mass is 10.2. The predicted molar refractivity (Wildman–Crippen MR) is 50.8 cm³/mol. The van der Waals surface area contributed by atoms with Crippen molar-refractivity contribution in [3.63, 3.8) is 0 Å². The van der Waals surface area contributed by atoms with Crippen molar-refractivity contribution < 1.29 is 14.6 Å². The zero-order valence-electron chi connectivity index (χ0n) is 8.56. The summed E-state index contributed by atoms with van der Waals surface area (Å²) < 4.78 is 4.85. The lowest BCUT2D eigenvalue weighted by Gasteiger charge is -2.23. The maximum Gasteiger partial charge on any atom is 0.317 e. The highest BCUT2D eigenvalue weighted by Gasteiger charge is 2.18. The number of carboxylic acid groups (broad SMARTS) is 1. The van der Waals surface area contributed by atoms with Crippen LogP contribution < -0.4 is 0 Å². The van der Waals surface area contributed by atoms with Crippen molar-refractivity contribution in [3.8, 4) is 6.07 Å². The molecule has 0 aromatic heterocycles. The number of aliphatic carboxylic acids is 1. The molecule has 5 heteroatoms. The summed E-state index contributed by atoms with van der Waals surface area (Å²) >= 11 is 0. The van der Waals surface area contributed by atoms with Crippen LogP contribution in [0, 0.1) is 11.3 Å². The summed E-state index contributed by atoms with van der Waals surface area (Å²) in [6.45, 7) is 2.64. The van der Waals surface area contributed by atoms with Crippen molar-refractivity contribution in [1.29, 1.82) is 5.26 Å². The number of nitriles is 1. The normalized spacial score (nSPS) is 12.4. The van der Waals surface area contributed by atoms with Gasteiger partial charge in [-0.25, -0.2) is 0 Å². The molecule has 0 saturated heterocycles. The molecular formula is C9H16N2O3. The zero-order valence-corrected chi connectivity index (χ0v) is 8.56. The zero-order chi connectivity index (χ0) is 11.0. The minimum Gasteiger partial charge on any atom is -0.480 e. The number of carbonyl (C=O) groups is 1. The molecule has 0 amide bonds. The van der Waals surface area contributed by atoms with Gasteiger partial charge in [-0.05, 0) is 6.42 Å². The predicted octanol–water partition coefficient (Wildman–Crippen LogP) is 0.322. The quantitative estimate of drug-likeness (QED) is 0.640. The average Bonchev–Trinajstić information content (AvgIpc) is 2.15. The molecule has 0 aromatic rings. The highest BCUT2D eigenvalue weighted by atomic mass is 16.5. The minimum absolute atomic E-state index is 0.116. The van der Waals surface area contributed by atoms with E-state index in [1.165, 1.54) is 0 Å². The summed E-state index contributed by atoms with van der Waals surface area (Å²) in [5.41, 5.74) is 0. The van der Waals surface area contributed by atoms with Gasteiger partial charge in [-0.1, -0.05) is 6.92 Å². The van der Waals surface area contributed by atoms with Crippen LogP contribution in [0.1, 0.15) is 13.3 Å². The SMILES string of the molecule is CCC(C#N)N(CCOC)CC(=O)O. The fourth-order valence-electron chi connectivity index (χ4n) is 1.16. The molecule has 1 N–H and O–H groups in total. The summed E-state index contributed by atoms with van der Waals surface area (Å²) in [5.74, 6) is -0.921. The first-order valence-corrected chi connectivity index (χ1v) is 4.50. The Bertz CT molecular complexity index is 213. The fourth-order valence-corrected chi connectivity index (χ4v) is 1.16. The molecule has 0 aromatic carbocycles. The Labute approximate surface area is 83.9 Å². The van der Waals surface area contributed by atoms with Crippen LogP contribution >= 0.6 is 0 Å². The molecule has 14 heavy (non-hydrogen) atoms. The molecule has 80 valence electrons. The summed E-state index contributed by atoms with van der Waals surface area (Å²) in [6.07, 6.45) is 0.619. The van der Waals surface area contributed by atoms with Gasteiger partial charge in [-0.15, -0.1) is 0 Å². The summed E-state index contributed by atoms with van der Waals surface area (Å²) in [7, 11) is 1.55. The molecule has 0 aliphatic rings. The number of carboxylic acids is 1. The Morgan fingerprint density at radius 2 is 2.36 bits per heavy atom. The van der Waals surface area contributed by atoms with Crippen molar-refractivity contribution in [2.45, 2.75) is 19.4 Å². The van der Waals surface area contributed by atoms with E-state index in [0.717, 1.165) is 0 Å². The molecule has 0 radical (unpaired) electrons. The van der Waals surface area contributed by atoms with Gasteiger partial charge in [0.05, 0.1) is 25.3 Å². The molecule has 0 bridgehead atoms. The highest BCUT2D eigenvalue weighted by Crippen LogP contribution is 2.02. The molecule has 0 fully saturated rings. The Hall–Kier alpha value is -1.12. The second-order valence-electron chi connectivity index (χ2n) is 2.91. The lowest BCUT2D eigenvalue weighted by Crippen LogP contribution is -2.40. The highest BCUT2D eigenvalue weighted by molar-refractivity contribution is 5.69. The number of hydrogen-bond donors (Lipinski definition) is 1. The van der Waals surface area contributed by atoms with E-state index < -0.39 is 5.97 Å². The van der Waals surface area contributed by atoms with Crippen LogP contribution in [0.25, 0.3) is 0 Å². The van der Waals surface area contributed by atoms with E-state index >= 15 is 0 Å². The van der Waals surface area contributed by atoms with Crippen LogP contribution in [0.2, 0.25) is 0 Å².